The van der Waals surface area contributed by atoms with Crippen LogP contribution < -0.4 is 0 Å². The molecule has 3 heterocycles. The molecule has 0 saturated carbocycles. The number of carbonyl (C=O) groups excluding carboxylic acids is 2. The van der Waals surface area contributed by atoms with Crippen LogP contribution in [-0.4, -0.2) is 45.7 Å². The lowest BCUT2D eigenvalue weighted by Crippen LogP contribution is -2.62. The molecule has 2 aromatic carbocycles. The van der Waals surface area contributed by atoms with Crippen molar-refractivity contribution in [3.8, 4) is 0 Å². The second kappa shape index (κ2) is 7.63. The molecule has 0 aliphatic carbocycles. The van der Waals surface area contributed by atoms with Crippen LogP contribution in [-0.2, 0) is 22.4 Å². The van der Waals surface area contributed by atoms with Gasteiger partial charge in [0.1, 0.15) is 6.04 Å². The molecule has 2 atom stereocenters. The minimum absolute atomic E-state index is 0.0652. The zero-order valence-electron chi connectivity index (χ0n) is 17.3. The molecule has 1 saturated heterocycles. The highest BCUT2D eigenvalue weighted by Crippen LogP contribution is 2.41. The molecule has 0 bridgehead atoms. The standard InChI is InChI=1S/C25H27N3O2/c1-2-14-27-16-23(29)28-21(13-12-17-8-4-3-5-9-17)24-19(15-22(28)25(27)30)18-10-6-7-11-20(18)26-24/h3-11,21-22,26H,2,12-16H2,1H3/t21?,22-/m1/s1. The molecule has 5 heteroatoms. The van der Waals surface area contributed by atoms with Gasteiger partial charge in [-0.15, -0.1) is 0 Å². The highest BCUT2D eigenvalue weighted by Gasteiger charge is 2.47. The Bertz CT molecular complexity index is 1090. The summed E-state index contributed by atoms with van der Waals surface area (Å²) < 4.78 is 0. The van der Waals surface area contributed by atoms with E-state index in [-0.39, 0.29) is 24.4 Å². The maximum Gasteiger partial charge on any atom is 0.246 e. The number of fused-ring (bicyclic) bond motifs is 4. The van der Waals surface area contributed by atoms with Crippen LogP contribution in [0.15, 0.2) is 54.6 Å². The minimum Gasteiger partial charge on any atom is -0.356 e. The van der Waals surface area contributed by atoms with Crippen LogP contribution in [0.1, 0.15) is 42.6 Å². The molecule has 30 heavy (non-hydrogen) atoms. The number of piperazine rings is 1. The first-order chi connectivity index (χ1) is 14.7. The Morgan fingerprint density at radius 2 is 1.80 bits per heavy atom. The zero-order valence-corrected chi connectivity index (χ0v) is 17.3. The number of nitrogens with zero attached hydrogens (tertiary/aromatic N) is 2. The van der Waals surface area contributed by atoms with Crippen molar-refractivity contribution in [2.75, 3.05) is 13.1 Å². The summed E-state index contributed by atoms with van der Waals surface area (Å²) in [7, 11) is 0. The predicted octanol–water partition coefficient (Wildman–Crippen LogP) is 3.85. The first-order valence-corrected chi connectivity index (χ1v) is 10.9. The number of benzene rings is 2. The Morgan fingerprint density at radius 1 is 1.03 bits per heavy atom. The van der Waals surface area contributed by atoms with Crippen LogP contribution in [0.2, 0.25) is 0 Å². The summed E-state index contributed by atoms with van der Waals surface area (Å²) in [4.78, 5) is 33.7. The van der Waals surface area contributed by atoms with E-state index >= 15 is 0 Å². The highest BCUT2D eigenvalue weighted by molar-refractivity contribution is 5.97. The molecular formula is C25H27N3O2. The average molecular weight is 402 g/mol. The molecule has 5 nitrogen and oxygen atoms in total. The van der Waals surface area contributed by atoms with E-state index in [0.29, 0.717) is 13.0 Å². The molecule has 1 N–H and O–H groups in total. The predicted molar refractivity (Wildman–Crippen MR) is 117 cm³/mol. The molecule has 1 unspecified atom stereocenters. The van der Waals surface area contributed by atoms with E-state index < -0.39 is 6.04 Å². The Kier molecular flexibility index (Phi) is 4.81. The van der Waals surface area contributed by atoms with Crippen LogP contribution in [0.5, 0.6) is 0 Å². The Balaban J connectivity index is 1.56. The van der Waals surface area contributed by atoms with Crippen molar-refractivity contribution in [2.45, 2.75) is 44.7 Å². The lowest BCUT2D eigenvalue weighted by Gasteiger charge is -2.47. The van der Waals surface area contributed by atoms with Gasteiger partial charge >= 0.3 is 0 Å². The molecule has 2 amide bonds. The highest BCUT2D eigenvalue weighted by atomic mass is 16.2. The Hall–Kier alpha value is -3.08. The molecule has 2 aliphatic heterocycles. The van der Waals surface area contributed by atoms with Crippen molar-refractivity contribution in [3.63, 3.8) is 0 Å². The van der Waals surface area contributed by atoms with Crippen LogP contribution in [0.25, 0.3) is 10.9 Å². The van der Waals surface area contributed by atoms with Gasteiger partial charge in [0.15, 0.2) is 0 Å². The van der Waals surface area contributed by atoms with Gasteiger partial charge < -0.3 is 14.8 Å². The van der Waals surface area contributed by atoms with Gasteiger partial charge in [-0.25, -0.2) is 0 Å². The number of aromatic amines is 1. The van der Waals surface area contributed by atoms with Crippen molar-refractivity contribution >= 4 is 22.7 Å². The summed E-state index contributed by atoms with van der Waals surface area (Å²) in [5.41, 5.74) is 4.64. The summed E-state index contributed by atoms with van der Waals surface area (Å²) in [6.07, 6.45) is 3.12. The van der Waals surface area contributed by atoms with Gasteiger partial charge in [-0.05, 0) is 36.5 Å². The van der Waals surface area contributed by atoms with E-state index in [2.05, 4.69) is 29.2 Å². The number of nitrogens with one attached hydrogen (secondary N) is 1. The second-order valence-corrected chi connectivity index (χ2v) is 8.38. The normalized spacial score (nSPS) is 21.1. The largest absolute Gasteiger partial charge is 0.356 e. The number of amides is 2. The van der Waals surface area contributed by atoms with Crippen molar-refractivity contribution in [1.29, 1.82) is 0 Å². The molecule has 1 aromatic heterocycles. The van der Waals surface area contributed by atoms with Gasteiger partial charge in [0.05, 0.1) is 12.6 Å². The number of hydrogen-bond donors (Lipinski definition) is 1. The smallest absolute Gasteiger partial charge is 0.246 e. The molecule has 3 aromatic rings. The van der Waals surface area contributed by atoms with Crippen LogP contribution in [0.4, 0.5) is 0 Å². The third kappa shape index (κ3) is 3.09. The van der Waals surface area contributed by atoms with E-state index in [1.165, 1.54) is 16.5 Å². The first kappa shape index (κ1) is 18.9. The number of carbonyl (C=O) groups is 2. The average Bonchev–Trinajstić information content (AvgIpc) is 3.14. The van der Waals surface area contributed by atoms with E-state index in [1.54, 1.807) is 4.90 Å². The Morgan fingerprint density at radius 3 is 2.60 bits per heavy atom. The summed E-state index contributed by atoms with van der Waals surface area (Å²) >= 11 is 0. The van der Waals surface area contributed by atoms with Gasteiger partial charge in [-0.2, -0.15) is 0 Å². The molecule has 0 spiro atoms. The number of hydrogen-bond acceptors (Lipinski definition) is 2. The van der Waals surface area contributed by atoms with Crippen LogP contribution >= 0.6 is 0 Å². The fraction of sp³-hybridized carbons (Fsp3) is 0.360. The fourth-order valence-corrected chi connectivity index (χ4v) is 5.15. The molecular weight excluding hydrogens is 374 g/mol. The third-order valence-corrected chi connectivity index (χ3v) is 6.50. The molecule has 0 radical (unpaired) electrons. The number of aryl methyl sites for hydroxylation is 1. The van der Waals surface area contributed by atoms with E-state index in [0.717, 1.165) is 30.5 Å². The summed E-state index contributed by atoms with van der Waals surface area (Å²) in [6.45, 7) is 2.89. The maximum atomic E-state index is 13.3. The second-order valence-electron chi connectivity index (χ2n) is 8.38. The number of rotatable bonds is 5. The quantitative estimate of drug-likeness (QED) is 0.706. The molecule has 5 rings (SSSR count). The van der Waals surface area contributed by atoms with Crippen LogP contribution in [0, 0.1) is 0 Å². The molecule has 2 aliphatic rings. The first-order valence-electron chi connectivity index (χ1n) is 10.9. The van der Waals surface area contributed by atoms with Gasteiger partial charge in [-0.3, -0.25) is 9.59 Å². The van der Waals surface area contributed by atoms with Crippen molar-refractivity contribution < 1.29 is 9.59 Å². The van der Waals surface area contributed by atoms with E-state index in [9.17, 15) is 9.59 Å². The summed E-state index contributed by atoms with van der Waals surface area (Å²) in [6, 6.07) is 18.1. The number of para-hydroxylation sites is 1. The summed E-state index contributed by atoms with van der Waals surface area (Å²) in [5, 5.41) is 1.17. The number of aromatic nitrogens is 1. The lowest BCUT2D eigenvalue weighted by atomic mass is 9.86. The van der Waals surface area contributed by atoms with Crippen LogP contribution in [0.3, 0.4) is 0 Å². The van der Waals surface area contributed by atoms with Gasteiger partial charge in [-0.1, -0.05) is 55.5 Å². The Labute approximate surface area is 176 Å². The third-order valence-electron chi connectivity index (χ3n) is 6.50. The topological polar surface area (TPSA) is 56.4 Å². The SMILES string of the molecule is CCCN1CC(=O)N2C(CCc3ccccc3)c3[nH]c4ccccc4c3C[C@@H]2C1=O. The van der Waals surface area contributed by atoms with Crippen molar-refractivity contribution in [2.24, 2.45) is 0 Å². The fourth-order valence-electron chi connectivity index (χ4n) is 5.15. The van der Waals surface area contributed by atoms with Gasteiger partial charge in [0.25, 0.3) is 0 Å². The summed E-state index contributed by atoms with van der Waals surface area (Å²) in [5.74, 6) is 0.160. The minimum atomic E-state index is -0.398. The maximum absolute atomic E-state index is 13.3. The van der Waals surface area contributed by atoms with E-state index in [4.69, 9.17) is 0 Å². The van der Waals surface area contributed by atoms with Crippen molar-refractivity contribution in [3.05, 3.63) is 71.4 Å². The zero-order chi connectivity index (χ0) is 20.7. The number of H-pyrrole nitrogens is 1. The van der Waals surface area contributed by atoms with E-state index in [1.807, 2.05) is 42.2 Å². The lowest BCUT2D eigenvalue weighted by molar-refractivity contribution is -0.159. The monoisotopic (exact) mass is 401 g/mol. The van der Waals surface area contributed by atoms with Crippen molar-refractivity contribution in [1.82, 2.24) is 14.8 Å². The van der Waals surface area contributed by atoms with Gasteiger partial charge in [0.2, 0.25) is 11.8 Å². The molecule has 1 fully saturated rings. The van der Waals surface area contributed by atoms with Gasteiger partial charge in [0, 0.05) is 29.6 Å². The molecule has 154 valence electrons.